The summed E-state index contributed by atoms with van der Waals surface area (Å²) in [6, 6.07) is 12.3. The second-order valence-electron chi connectivity index (χ2n) is 5.94. The second-order valence-corrected chi connectivity index (χ2v) is 7.84. The van der Waals surface area contributed by atoms with E-state index >= 15 is 0 Å². The average Bonchev–Trinajstić information content (AvgIpc) is 2.60. The molecule has 6 nitrogen and oxygen atoms in total. The molecule has 3 rings (SSSR count). The zero-order valence-corrected chi connectivity index (χ0v) is 15.0. The van der Waals surface area contributed by atoms with E-state index in [1.165, 1.54) is 17.7 Å². The molecule has 0 fully saturated rings. The monoisotopic (exact) mass is 360 g/mol. The molecule has 0 aromatic heterocycles. The number of nitrogens with one attached hydrogen (secondary N) is 1. The predicted octanol–water partition coefficient (Wildman–Crippen LogP) is 2.66. The van der Waals surface area contributed by atoms with Crippen LogP contribution in [-0.2, 0) is 16.4 Å². The van der Waals surface area contributed by atoms with Gasteiger partial charge in [-0.3, -0.25) is 9.10 Å². The standard InChI is InChI=1S/C18H20N2O4S/c1-24-17-8-4-3-7-15(17)18(21)19-14-10-9-13-6-5-11-20(16(13)12-14)25(2,22)23/h3-4,7-10,12H,5-6,11H2,1-2H3,(H,19,21). The Hall–Kier alpha value is -2.54. The van der Waals surface area contributed by atoms with E-state index in [9.17, 15) is 13.2 Å². The number of ether oxygens (including phenoxy) is 1. The Morgan fingerprint density at radius 1 is 1.20 bits per heavy atom. The molecule has 132 valence electrons. The van der Waals surface area contributed by atoms with Crippen molar-refractivity contribution >= 4 is 27.3 Å². The van der Waals surface area contributed by atoms with Gasteiger partial charge >= 0.3 is 0 Å². The predicted molar refractivity (Wildman–Crippen MR) is 97.9 cm³/mol. The number of sulfonamides is 1. The molecule has 1 amide bonds. The number of anilines is 2. The van der Waals surface area contributed by atoms with Crippen molar-refractivity contribution in [3.05, 3.63) is 53.6 Å². The summed E-state index contributed by atoms with van der Waals surface area (Å²) in [5.74, 6) is 0.176. The van der Waals surface area contributed by atoms with Gasteiger partial charge in [0.2, 0.25) is 10.0 Å². The van der Waals surface area contributed by atoms with Gasteiger partial charge in [0.15, 0.2) is 0 Å². The molecule has 0 saturated heterocycles. The molecule has 1 aliphatic heterocycles. The first-order valence-corrected chi connectivity index (χ1v) is 9.80. The van der Waals surface area contributed by atoms with Crippen molar-refractivity contribution in [3.63, 3.8) is 0 Å². The fraction of sp³-hybridized carbons (Fsp3) is 0.278. The molecule has 0 aliphatic carbocycles. The number of para-hydroxylation sites is 1. The summed E-state index contributed by atoms with van der Waals surface area (Å²) in [6.45, 7) is 0.454. The maximum Gasteiger partial charge on any atom is 0.259 e. The van der Waals surface area contributed by atoms with Gasteiger partial charge in [-0.25, -0.2) is 8.42 Å². The van der Waals surface area contributed by atoms with Crippen LogP contribution in [0.4, 0.5) is 11.4 Å². The van der Waals surface area contributed by atoms with E-state index in [2.05, 4.69) is 5.32 Å². The molecular formula is C18H20N2O4S. The highest BCUT2D eigenvalue weighted by atomic mass is 32.2. The van der Waals surface area contributed by atoms with Crippen LogP contribution >= 0.6 is 0 Å². The van der Waals surface area contributed by atoms with Crippen LogP contribution in [0.25, 0.3) is 0 Å². The number of amides is 1. The first-order chi connectivity index (χ1) is 11.9. The Morgan fingerprint density at radius 3 is 2.68 bits per heavy atom. The van der Waals surface area contributed by atoms with Crippen molar-refractivity contribution in [2.45, 2.75) is 12.8 Å². The SMILES string of the molecule is COc1ccccc1C(=O)Nc1ccc2c(c1)N(S(C)(=O)=O)CCC2. The van der Waals surface area contributed by atoms with Crippen LogP contribution in [0.2, 0.25) is 0 Å². The third-order valence-electron chi connectivity index (χ3n) is 4.17. The smallest absolute Gasteiger partial charge is 0.259 e. The van der Waals surface area contributed by atoms with Crippen LogP contribution in [0.3, 0.4) is 0 Å². The Balaban J connectivity index is 1.91. The van der Waals surface area contributed by atoms with Gasteiger partial charge in [0.1, 0.15) is 5.75 Å². The average molecular weight is 360 g/mol. The highest BCUT2D eigenvalue weighted by Crippen LogP contribution is 2.32. The summed E-state index contributed by atoms with van der Waals surface area (Å²) in [7, 11) is -1.84. The minimum atomic E-state index is -3.35. The summed E-state index contributed by atoms with van der Waals surface area (Å²) < 4.78 is 30.6. The van der Waals surface area contributed by atoms with E-state index in [1.54, 1.807) is 36.4 Å². The van der Waals surface area contributed by atoms with Crippen molar-refractivity contribution in [1.82, 2.24) is 0 Å². The third-order valence-corrected chi connectivity index (χ3v) is 5.35. The van der Waals surface area contributed by atoms with Gasteiger partial charge in [0.05, 0.1) is 24.6 Å². The fourth-order valence-electron chi connectivity index (χ4n) is 2.99. The molecule has 0 atom stereocenters. The molecular weight excluding hydrogens is 340 g/mol. The zero-order valence-electron chi connectivity index (χ0n) is 14.2. The Labute approximate surface area is 147 Å². The van der Waals surface area contributed by atoms with Crippen LogP contribution in [0.15, 0.2) is 42.5 Å². The maximum absolute atomic E-state index is 12.5. The van der Waals surface area contributed by atoms with Gasteiger partial charge in [-0.05, 0) is 42.7 Å². The third kappa shape index (κ3) is 3.61. The van der Waals surface area contributed by atoms with Crippen molar-refractivity contribution < 1.29 is 17.9 Å². The van der Waals surface area contributed by atoms with E-state index in [1.807, 2.05) is 6.07 Å². The van der Waals surface area contributed by atoms with E-state index in [0.29, 0.717) is 29.2 Å². The number of hydrogen-bond acceptors (Lipinski definition) is 4. The number of hydrogen-bond donors (Lipinski definition) is 1. The van der Waals surface area contributed by atoms with Gasteiger partial charge in [-0.1, -0.05) is 18.2 Å². The molecule has 7 heteroatoms. The molecule has 2 aromatic rings. The molecule has 2 aromatic carbocycles. The summed E-state index contributed by atoms with van der Waals surface area (Å²) in [5, 5.41) is 2.81. The normalized spacial score (nSPS) is 13.9. The van der Waals surface area contributed by atoms with Gasteiger partial charge in [0, 0.05) is 12.2 Å². The van der Waals surface area contributed by atoms with E-state index in [-0.39, 0.29) is 5.91 Å². The molecule has 0 unspecified atom stereocenters. The summed E-state index contributed by atoms with van der Waals surface area (Å²) >= 11 is 0. The lowest BCUT2D eigenvalue weighted by molar-refractivity contribution is 0.102. The largest absolute Gasteiger partial charge is 0.496 e. The number of rotatable bonds is 4. The number of nitrogens with zero attached hydrogens (tertiary/aromatic N) is 1. The molecule has 25 heavy (non-hydrogen) atoms. The second kappa shape index (κ2) is 6.76. The lowest BCUT2D eigenvalue weighted by atomic mass is 10.0. The number of aryl methyl sites for hydroxylation is 1. The minimum Gasteiger partial charge on any atom is -0.496 e. The molecule has 0 saturated carbocycles. The molecule has 1 N–H and O–H groups in total. The quantitative estimate of drug-likeness (QED) is 0.909. The minimum absolute atomic E-state index is 0.306. The fourth-order valence-corrected chi connectivity index (χ4v) is 3.98. The molecule has 0 radical (unpaired) electrons. The van der Waals surface area contributed by atoms with Crippen molar-refractivity contribution in [3.8, 4) is 5.75 Å². The first kappa shape index (κ1) is 17.3. The Kier molecular flexibility index (Phi) is 4.67. The van der Waals surface area contributed by atoms with Crippen molar-refractivity contribution in [1.29, 1.82) is 0 Å². The van der Waals surface area contributed by atoms with Gasteiger partial charge in [-0.15, -0.1) is 0 Å². The number of fused-ring (bicyclic) bond motifs is 1. The zero-order chi connectivity index (χ0) is 18.0. The Morgan fingerprint density at radius 2 is 1.96 bits per heavy atom. The highest BCUT2D eigenvalue weighted by molar-refractivity contribution is 7.92. The van der Waals surface area contributed by atoms with E-state index in [0.717, 1.165) is 18.4 Å². The molecule has 0 spiro atoms. The number of carbonyl (C=O) groups is 1. The van der Waals surface area contributed by atoms with Crippen LogP contribution in [-0.4, -0.2) is 34.2 Å². The van der Waals surface area contributed by atoms with Crippen LogP contribution < -0.4 is 14.4 Å². The van der Waals surface area contributed by atoms with Gasteiger partial charge in [-0.2, -0.15) is 0 Å². The van der Waals surface area contributed by atoms with Crippen LogP contribution in [0.5, 0.6) is 5.75 Å². The summed E-state index contributed by atoms with van der Waals surface area (Å²) in [6.07, 6.45) is 2.80. The first-order valence-electron chi connectivity index (χ1n) is 7.95. The lowest BCUT2D eigenvalue weighted by Gasteiger charge is -2.29. The van der Waals surface area contributed by atoms with Gasteiger partial charge in [0.25, 0.3) is 5.91 Å². The Bertz CT molecular complexity index is 909. The van der Waals surface area contributed by atoms with E-state index < -0.39 is 10.0 Å². The highest BCUT2D eigenvalue weighted by Gasteiger charge is 2.24. The number of benzene rings is 2. The lowest BCUT2D eigenvalue weighted by Crippen LogP contribution is -2.34. The number of carbonyl (C=O) groups excluding carboxylic acids is 1. The molecule has 1 aliphatic rings. The van der Waals surface area contributed by atoms with Crippen LogP contribution in [0, 0.1) is 0 Å². The van der Waals surface area contributed by atoms with E-state index in [4.69, 9.17) is 4.74 Å². The van der Waals surface area contributed by atoms with Crippen molar-refractivity contribution in [2.75, 3.05) is 29.5 Å². The number of methoxy groups -OCH3 is 1. The maximum atomic E-state index is 12.5. The van der Waals surface area contributed by atoms with Crippen LogP contribution in [0.1, 0.15) is 22.3 Å². The molecule has 0 bridgehead atoms. The topological polar surface area (TPSA) is 75.7 Å². The van der Waals surface area contributed by atoms with Gasteiger partial charge < -0.3 is 10.1 Å². The summed E-state index contributed by atoms with van der Waals surface area (Å²) in [4.78, 5) is 12.5. The summed E-state index contributed by atoms with van der Waals surface area (Å²) in [5.41, 5.74) is 2.56. The molecule has 1 heterocycles. The van der Waals surface area contributed by atoms with Crippen molar-refractivity contribution in [2.24, 2.45) is 0 Å².